The topological polar surface area (TPSA) is 41.5 Å². The molecule has 2 N–H and O–H groups in total. The molecule has 0 radical (unpaired) electrons. The number of benzene rings is 2. The quantitative estimate of drug-likeness (QED) is 0.814. The molecule has 0 aliphatic heterocycles. The fourth-order valence-corrected chi connectivity index (χ4v) is 2.47. The highest BCUT2D eigenvalue weighted by atomic mass is 16.5. The number of hydrogen-bond donors (Lipinski definition) is 2. The zero-order valence-corrected chi connectivity index (χ0v) is 13.1. The summed E-state index contributed by atoms with van der Waals surface area (Å²) >= 11 is 0. The van der Waals surface area contributed by atoms with E-state index in [-0.39, 0.29) is 6.04 Å². The first-order valence-electron chi connectivity index (χ1n) is 7.20. The number of anilines is 1. The number of ether oxygens (including phenoxy) is 1. The van der Waals surface area contributed by atoms with E-state index in [0.717, 1.165) is 29.0 Å². The molecule has 0 fully saturated rings. The zero-order chi connectivity index (χ0) is 15.4. The SMILES string of the molecule is COc1ccccc1CC(C)Nc1cc(C)c(O)cc1C. The summed E-state index contributed by atoms with van der Waals surface area (Å²) < 4.78 is 5.39. The predicted octanol–water partition coefficient (Wildman–Crippen LogP) is 4.06. The van der Waals surface area contributed by atoms with E-state index in [1.54, 1.807) is 13.2 Å². The van der Waals surface area contributed by atoms with E-state index in [1.165, 1.54) is 5.56 Å². The van der Waals surface area contributed by atoms with Gasteiger partial charge in [0.05, 0.1) is 7.11 Å². The van der Waals surface area contributed by atoms with Gasteiger partial charge in [0, 0.05) is 11.7 Å². The van der Waals surface area contributed by atoms with Gasteiger partial charge in [0.15, 0.2) is 0 Å². The summed E-state index contributed by atoms with van der Waals surface area (Å²) in [4.78, 5) is 0. The zero-order valence-electron chi connectivity index (χ0n) is 13.1. The van der Waals surface area contributed by atoms with E-state index in [4.69, 9.17) is 4.74 Å². The van der Waals surface area contributed by atoms with Crippen molar-refractivity contribution in [2.45, 2.75) is 33.2 Å². The van der Waals surface area contributed by atoms with E-state index >= 15 is 0 Å². The lowest BCUT2D eigenvalue weighted by Gasteiger charge is -2.19. The minimum absolute atomic E-state index is 0.268. The Bertz CT molecular complexity index is 623. The molecule has 2 aromatic rings. The number of nitrogens with one attached hydrogen (secondary N) is 1. The molecule has 112 valence electrons. The van der Waals surface area contributed by atoms with Gasteiger partial charge in [-0.1, -0.05) is 18.2 Å². The monoisotopic (exact) mass is 285 g/mol. The van der Waals surface area contributed by atoms with Gasteiger partial charge in [-0.05, 0) is 62.1 Å². The van der Waals surface area contributed by atoms with Gasteiger partial charge in [-0.25, -0.2) is 0 Å². The van der Waals surface area contributed by atoms with Crippen molar-refractivity contribution in [3.63, 3.8) is 0 Å². The first kappa shape index (κ1) is 15.2. The van der Waals surface area contributed by atoms with Crippen molar-refractivity contribution in [2.75, 3.05) is 12.4 Å². The molecule has 2 rings (SSSR count). The van der Waals surface area contributed by atoms with Crippen LogP contribution in [0, 0.1) is 13.8 Å². The number of methoxy groups -OCH3 is 1. The van der Waals surface area contributed by atoms with Crippen LogP contribution < -0.4 is 10.1 Å². The molecule has 1 atom stereocenters. The van der Waals surface area contributed by atoms with Crippen molar-refractivity contribution < 1.29 is 9.84 Å². The Hall–Kier alpha value is -2.16. The molecule has 21 heavy (non-hydrogen) atoms. The smallest absolute Gasteiger partial charge is 0.122 e. The maximum Gasteiger partial charge on any atom is 0.122 e. The third-order valence-corrected chi connectivity index (χ3v) is 3.66. The number of hydrogen-bond acceptors (Lipinski definition) is 3. The number of aromatic hydroxyl groups is 1. The summed E-state index contributed by atoms with van der Waals surface area (Å²) in [6.07, 6.45) is 0.878. The molecule has 0 bridgehead atoms. The Balaban J connectivity index is 2.12. The molecule has 0 saturated heterocycles. The highest BCUT2D eigenvalue weighted by Crippen LogP contribution is 2.26. The minimum Gasteiger partial charge on any atom is -0.508 e. The number of phenols is 1. The van der Waals surface area contributed by atoms with Gasteiger partial charge in [0.25, 0.3) is 0 Å². The van der Waals surface area contributed by atoms with E-state index in [9.17, 15) is 5.11 Å². The van der Waals surface area contributed by atoms with E-state index in [2.05, 4.69) is 18.3 Å². The average molecular weight is 285 g/mol. The summed E-state index contributed by atoms with van der Waals surface area (Å²) in [6.45, 7) is 6.05. The molecule has 2 aromatic carbocycles. The first-order chi connectivity index (χ1) is 10.0. The molecular formula is C18H23NO2. The molecular weight excluding hydrogens is 262 g/mol. The van der Waals surface area contributed by atoms with Crippen LogP contribution in [-0.2, 0) is 6.42 Å². The van der Waals surface area contributed by atoms with Crippen LogP contribution in [0.25, 0.3) is 0 Å². The third-order valence-electron chi connectivity index (χ3n) is 3.66. The molecule has 0 amide bonds. The van der Waals surface area contributed by atoms with Gasteiger partial charge in [0.2, 0.25) is 0 Å². The maximum atomic E-state index is 9.72. The van der Waals surface area contributed by atoms with E-state index in [1.807, 2.05) is 38.1 Å². The van der Waals surface area contributed by atoms with Crippen molar-refractivity contribution in [3.05, 3.63) is 53.1 Å². The molecule has 3 nitrogen and oxygen atoms in total. The number of rotatable bonds is 5. The van der Waals surface area contributed by atoms with Gasteiger partial charge in [-0.2, -0.15) is 0 Å². The Morgan fingerprint density at radius 2 is 1.86 bits per heavy atom. The first-order valence-corrected chi connectivity index (χ1v) is 7.20. The van der Waals surface area contributed by atoms with Crippen LogP contribution in [0.4, 0.5) is 5.69 Å². The summed E-state index contributed by atoms with van der Waals surface area (Å²) in [5, 5.41) is 13.2. The molecule has 0 aromatic heterocycles. The molecule has 0 heterocycles. The molecule has 1 unspecified atom stereocenters. The lowest BCUT2D eigenvalue weighted by atomic mass is 10.0. The fourth-order valence-electron chi connectivity index (χ4n) is 2.47. The minimum atomic E-state index is 0.268. The third kappa shape index (κ3) is 3.69. The normalized spacial score (nSPS) is 12.0. The van der Waals surface area contributed by atoms with Crippen LogP contribution in [0.15, 0.2) is 36.4 Å². The number of para-hydroxylation sites is 1. The van der Waals surface area contributed by atoms with Crippen molar-refractivity contribution in [3.8, 4) is 11.5 Å². The van der Waals surface area contributed by atoms with Crippen LogP contribution >= 0.6 is 0 Å². The number of phenolic OH excluding ortho intramolecular Hbond substituents is 1. The summed E-state index contributed by atoms with van der Waals surface area (Å²) in [5.74, 6) is 1.26. The highest BCUT2D eigenvalue weighted by molar-refractivity contribution is 5.57. The predicted molar refractivity (Wildman–Crippen MR) is 87.4 cm³/mol. The van der Waals surface area contributed by atoms with Crippen molar-refractivity contribution in [1.29, 1.82) is 0 Å². The van der Waals surface area contributed by atoms with Crippen LogP contribution in [-0.4, -0.2) is 18.3 Å². The Morgan fingerprint density at radius 1 is 1.14 bits per heavy atom. The standard InChI is InChI=1S/C18H23NO2/c1-12-10-17(20)13(2)9-16(12)19-14(3)11-15-7-5-6-8-18(15)21-4/h5-10,14,19-20H,11H2,1-4H3. The van der Waals surface area contributed by atoms with Crippen molar-refractivity contribution in [1.82, 2.24) is 0 Å². The van der Waals surface area contributed by atoms with E-state index in [0.29, 0.717) is 5.75 Å². The number of aryl methyl sites for hydroxylation is 2. The average Bonchev–Trinajstić information content (AvgIpc) is 2.45. The fraction of sp³-hybridized carbons (Fsp3) is 0.333. The maximum absolute atomic E-state index is 9.72. The van der Waals surface area contributed by atoms with Gasteiger partial charge >= 0.3 is 0 Å². The van der Waals surface area contributed by atoms with E-state index < -0.39 is 0 Å². The van der Waals surface area contributed by atoms with Crippen LogP contribution in [0.1, 0.15) is 23.6 Å². The lowest BCUT2D eigenvalue weighted by molar-refractivity contribution is 0.409. The lowest BCUT2D eigenvalue weighted by Crippen LogP contribution is -2.19. The molecule has 0 aliphatic carbocycles. The Kier molecular flexibility index (Phi) is 4.73. The van der Waals surface area contributed by atoms with Gasteiger partial charge in [0.1, 0.15) is 11.5 Å². The molecule has 0 aliphatic rings. The second-order valence-corrected chi connectivity index (χ2v) is 5.51. The molecule has 0 spiro atoms. The van der Waals surface area contributed by atoms with Crippen molar-refractivity contribution >= 4 is 5.69 Å². The van der Waals surface area contributed by atoms with Crippen LogP contribution in [0.3, 0.4) is 0 Å². The summed E-state index contributed by atoms with van der Waals surface area (Å²) in [5.41, 5.74) is 4.18. The highest BCUT2D eigenvalue weighted by Gasteiger charge is 2.10. The van der Waals surface area contributed by atoms with Crippen LogP contribution in [0.2, 0.25) is 0 Å². The second-order valence-electron chi connectivity index (χ2n) is 5.51. The summed E-state index contributed by atoms with van der Waals surface area (Å²) in [6, 6.07) is 12.1. The largest absolute Gasteiger partial charge is 0.508 e. The van der Waals surface area contributed by atoms with Gasteiger partial charge in [-0.3, -0.25) is 0 Å². The second kappa shape index (κ2) is 6.53. The van der Waals surface area contributed by atoms with Crippen LogP contribution in [0.5, 0.6) is 11.5 Å². The Labute approximate surface area is 126 Å². The Morgan fingerprint density at radius 3 is 2.57 bits per heavy atom. The van der Waals surface area contributed by atoms with Crippen molar-refractivity contribution in [2.24, 2.45) is 0 Å². The molecule has 0 saturated carbocycles. The van der Waals surface area contributed by atoms with Gasteiger partial charge in [-0.15, -0.1) is 0 Å². The summed E-state index contributed by atoms with van der Waals surface area (Å²) in [7, 11) is 1.70. The van der Waals surface area contributed by atoms with Gasteiger partial charge < -0.3 is 15.2 Å². The molecule has 3 heteroatoms.